The lowest BCUT2D eigenvalue weighted by Crippen LogP contribution is -2.49. The summed E-state index contributed by atoms with van der Waals surface area (Å²) in [4.78, 5) is 5.06. The first-order chi connectivity index (χ1) is 10.8. The molecule has 1 saturated heterocycles. The fourth-order valence-electron chi connectivity index (χ4n) is 3.51. The minimum absolute atomic E-state index is 0.436. The zero-order chi connectivity index (χ0) is 15.4. The van der Waals surface area contributed by atoms with Crippen LogP contribution in [0.2, 0.25) is 0 Å². The summed E-state index contributed by atoms with van der Waals surface area (Å²) in [6.45, 7) is 7.04. The van der Waals surface area contributed by atoms with Crippen molar-refractivity contribution >= 4 is 0 Å². The summed E-state index contributed by atoms with van der Waals surface area (Å²) >= 11 is 0. The molecule has 116 valence electrons. The van der Waals surface area contributed by atoms with Crippen LogP contribution in [0.1, 0.15) is 24.0 Å². The molecule has 2 nitrogen and oxygen atoms in total. The van der Waals surface area contributed by atoms with Crippen molar-refractivity contribution in [2.75, 3.05) is 33.2 Å². The molecule has 3 rings (SSSR count). The molecule has 1 heterocycles. The molecule has 2 aromatic carbocycles. The zero-order valence-corrected chi connectivity index (χ0v) is 13.7. The maximum atomic E-state index is 2.64. The van der Waals surface area contributed by atoms with Gasteiger partial charge < -0.3 is 4.90 Å². The van der Waals surface area contributed by atoms with Gasteiger partial charge in [0.1, 0.15) is 0 Å². The highest BCUT2D eigenvalue weighted by atomic mass is 15.3. The molecule has 2 aromatic rings. The van der Waals surface area contributed by atoms with Gasteiger partial charge in [-0.15, -0.1) is 0 Å². The summed E-state index contributed by atoms with van der Waals surface area (Å²) < 4.78 is 0. The maximum absolute atomic E-state index is 2.64. The van der Waals surface area contributed by atoms with E-state index in [2.05, 4.69) is 84.4 Å². The molecule has 0 radical (unpaired) electrons. The Morgan fingerprint density at radius 1 is 0.727 bits per heavy atom. The normalized spacial score (nSPS) is 18.5. The molecule has 0 aliphatic carbocycles. The van der Waals surface area contributed by atoms with Crippen molar-refractivity contribution < 1.29 is 0 Å². The number of hydrogen-bond acceptors (Lipinski definition) is 2. The molecule has 1 aliphatic rings. The third kappa shape index (κ3) is 3.40. The van der Waals surface area contributed by atoms with E-state index < -0.39 is 0 Å². The van der Waals surface area contributed by atoms with Crippen molar-refractivity contribution in [2.45, 2.75) is 18.9 Å². The molecule has 0 aromatic heterocycles. The summed E-state index contributed by atoms with van der Waals surface area (Å²) in [5.41, 5.74) is 2.83. The monoisotopic (exact) mass is 294 g/mol. The Labute approximate surface area is 134 Å². The van der Waals surface area contributed by atoms with Gasteiger partial charge in [0.05, 0.1) is 0 Å². The van der Waals surface area contributed by atoms with Crippen LogP contribution in [0.4, 0.5) is 0 Å². The molecule has 22 heavy (non-hydrogen) atoms. The molecule has 0 amide bonds. The lowest BCUT2D eigenvalue weighted by Gasteiger charge is -2.40. The van der Waals surface area contributed by atoms with Crippen molar-refractivity contribution in [1.29, 1.82) is 0 Å². The average Bonchev–Trinajstić information content (AvgIpc) is 2.57. The molecule has 0 spiro atoms. The molecule has 2 heteroatoms. The van der Waals surface area contributed by atoms with Gasteiger partial charge in [-0.1, -0.05) is 60.7 Å². The summed E-state index contributed by atoms with van der Waals surface area (Å²) in [6, 6.07) is 22.4. The van der Waals surface area contributed by atoms with Crippen LogP contribution >= 0.6 is 0 Å². The van der Waals surface area contributed by atoms with Crippen LogP contribution in [-0.4, -0.2) is 49.1 Å². The second-order valence-electron chi connectivity index (χ2n) is 6.38. The van der Waals surface area contributed by atoms with Crippen LogP contribution in [0, 0.1) is 0 Å². The fraction of sp³-hybridized carbons (Fsp3) is 0.400. The molecule has 1 atom stereocenters. The quantitative estimate of drug-likeness (QED) is 0.852. The molecule has 0 bridgehead atoms. The van der Waals surface area contributed by atoms with Gasteiger partial charge in [0.2, 0.25) is 0 Å². The first-order valence-electron chi connectivity index (χ1n) is 8.28. The molecule has 0 saturated carbocycles. The molecule has 0 N–H and O–H groups in total. The topological polar surface area (TPSA) is 6.48 Å². The van der Waals surface area contributed by atoms with Gasteiger partial charge in [-0.05, 0) is 25.1 Å². The predicted octanol–water partition coefficient (Wildman–Crippen LogP) is 3.45. The molecular weight excluding hydrogens is 268 g/mol. The Bertz CT molecular complexity index is 519. The third-order valence-electron chi connectivity index (χ3n) is 4.91. The Morgan fingerprint density at radius 2 is 1.18 bits per heavy atom. The average molecular weight is 294 g/mol. The van der Waals surface area contributed by atoms with E-state index in [4.69, 9.17) is 0 Å². The lowest BCUT2D eigenvalue weighted by molar-refractivity contribution is 0.111. The maximum Gasteiger partial charge on any atom is 0.0243 e. The Balaban J connectivity index is 1.88. The zero-order valence-electron chi connectivity index (χ0n) is 13.7. The van der Waals surface area contributed by atoms with E-state index in [0.29, 0.717) is 12.0 Å². The standard InChI is InChI=1S/C20H26N2/c1-17(22-15-13-21(2)14-16-22)20(18-9-5-3-6-10-18)19-11-7-4-8-12-19/h3-12,17,20H,13-16H2,1-2H3. The summed E-state index contributed by atoms with van der Waals surface area (Å²) in [7, 11) is 2.22. The minimum atomic E-state index is 0.436. The van der Waals surface area contributed by atoms with E-state index in [1.807, 2.05) is 0 Å². The van der Waals surface area contributed by atoms with Gasteiger partial charge in [-0.25, -0.2) is 0 Å². The highest BCUT2D eigenvalue weighted by Gasteiger charge is 2.28. The van der Waals surface area contributed by atoms with Crippen LogP contribution in [0.25, 0.3) is 0 Å². The van der Waals surface area contributed by atoms with Crippen molar-refractivity contribution in [3.05, 3.63) is 71.8 Å². The molecular formula is C20H26N2. The molecule has 1 unspecified atom stereocenters. The number of hydrogen-bond donors (Lipinski definition) is 0. The molecule has 1 aliphatic heterocycles. The number of rotatable bonds is 4. The van der Waals surface area contributed by atoms with E-state index in [9.17, 15) is 0 Å². The van der Waals surface area contributed by atoms with Gasteiger partial charge in [-0.2, -0.15) is 0 Å². The summed E-state index contributed by atoms with van der Waals surface area (Å²) in [5.74, 6) is 0.436. The Kier molecular flexibility index (Phi) is 4.91. The second kappa shape index (κ2) is 7.08. The SMILES string of the molecule is CC(C(c1ccccc1)c1ccccc1)N1CCN(C)CC1. The van der Waals surface area contributed by atoms with Crippen molar-refractivity contribution in [2.24, 2.45) is 0 Å². The van der Waals surface area contributed by atoms with Crippen LogP contribution < -0.4 is 0 Å². The first-order valence-corrected chi connectivity index (χ1v) is 8.28. The van der Waals surface area contributed by atoms with Gasteiger partial charge in [0.15, 0.2) is 0 Å². The third-order valence-corrected chi connectivity index (χ3v) is 4.91. The van der Waals surface area contributed by atoms with E-state index in [-0.39, 0.29) is 0 Å². The van der Waals surface area contributed by atoms with E-state index in [0.717, 1.165) is 13.1 Å². The highest BCUT2D eigenvalue weighted by molar-refractivity contribution is 5.34. The number of likely N-dealkylation sites (N-methyl/N-ethyl adjacent to an activating group) is 1. The Hall–Kier alpha value is -1.64. The van der Waals surface area contributed by atoms with Gasteiger partial charge in [0.25, 0.3) is 0 Å². The largest absolute Gasteiger partial charge is 0.304 e. The lowest BCUT2D eigenvalue weighted by atomic mass is 9.85. The smallest absolute Gasteiger partial charge is 0.0243 e. The van der Waals surface area contributed by atoms with Crippen molar-refractivity contribution in [3.63, 3.8) is 0 Å². The van der Waals surface area contributed by atoms with E-state index >= 15 is 0 Å². The van der Waals surface area contributed by atoms with Crippen LogP contribution in [0.15, 0.2) is 60.7 Å². The van der Waals surface area contributed by atoms with Crippen LogP contribution in [0.5, 0.6) is 0 Å². The molecule has 1 fully saturated rings. The minimum Gasteiger partial charge on any atom is -0.304 e. The first kappa shape index (κ1) is 15.3. The number of nitrogens with zero attached hydrogens (tertiary/aromatic N) is 2. The van der Waals surface area contributed by atoms with E-state index in [1.54, 1.807) is 0 Å². The second-order valence-corrected chi connectivity index (χ2v) is 6.38. The van der Waals surface area contributed by atoms with Gasteiger partial charge in [-0.3, -0.25) is 4.90 Å². The Morgan fingerprint density at radius 3 is 1.64 bits per heavy atom. The predicted molar refractivity (Wildman–Crippen MR) is 93.3 cm³/mol. The fourth-order valence-corrected chi connectivity index (χ4v) is 3.51. The number of piperazine rings is 1. The van der Waals surface area contributed by atoms with Crippen molar-refractivity contribution in [3.8, 4) is 0 Å². The van der Waals surface area contributed by atoms with Gasteiger partial charge >= 0.3 is 0 Å². The van der Waals surface area contributed by atoms with Crippen molar-refractivity contribution in [1.82, 2.24) is 9.80 Å². The van der Waals surface area contributed by atoms with Crippen LogP contribution in [0.3, 0.4) is 0 Å². The van der Waals surface area contributed by atoms with Gasteiger partial charge in [0, 0.05) is 38.1 Å². The summed E-state index contributed by atoms with van der Waals surface area (Å²) in [5, 5.41) is 0. The number of benzene rings is 2. The van der Waals surface area contributed by atoms with E-state index in [1.165, 1.54) is 24.2 Å². The summed E-state index contributed by atoms with van der Waals surface area (Å²) in [6.07, 6.45) is 0. The van der Waals surface area contributed by atoms with Crippen LogP contribution in [-0.2, 0) is 0 Å². The highest BCUT2D eigenvalue weighted by Crippen LogP contribution is 2.31.